The second kappa shape index (κ2) is 5.82. The molecule has 22 heavy (non-hydrogen) atoms. The van der Waals surface area contributed by atoms with Gasteiger partial charge >= 0.3 is 5.97 Å². The van der Waals surface area contributed by atoms with Gasteiger partial charge in [-0.2, -0.15) is 0 Å². The first-order valence-corrected chi connectivity index (χ1v) is 7.46. The number of esters is 1. The maximum absolute atomic E-state index is 11.6. The van der Waals surface area contributed by atoms with Crippen LogP contribution in [0.5, 0.6) is 11.5 Å². The molecule has 0 saturated heterocycles. The first-order valence-electron chi connectivity index (χ1n) is 6.27. The number of fused-ring (bicyclic) bond motifs is 1. The normalized spacial score (nSPS) is 10.6. The molecule has 0 aliphatic heterocycles. The van der Waals surface area contributed by atoms with Crippen molar-refractivity contribution < 1.29 is 14.3 Å². The van der Waals surface area contributed by atoms with E-state index in [2.05, 4.69) is 4.98 Å². The van der Waals surface area contributed by atoms with Gasteiger partial charge in [0.05, 0.1) is 28.7 Å². The molecule has 2 N–H and O–H groups in total. The second-order valence-electron chi connectivity index (χ2n) is 4.44. The van der Waals surface area contributed by atoms with Gasteiger partial charge in [0.15, 0.2) is 5.75 Å². The van der Waals surface area contributed by atoms with Crippen molar-refractivity contribution in [2.45, 2.75) is 0 Å². The molecule has 0 radical (unpaired) electrons. The number of hydrogen-bond acceptors (Lipinski definition) is 6. The number of carbonyl (C=O) groups is 1. The minimum Gasteiger partial charge on any atom is -0.465 e. The van der Waals surface area contributed by atoms with Crippen LogP contribution in [0, 0.1) is 0 Å². The van der Waals surface area contributed by atoms with Gasteiger partial charge in [-0.05, 0) is 18.2 Å². The van der Waals surface area contributed by atoms with Gasteiger partial charge in [0.25, 0.3) is 0 Å². The number of thiophene rings is 1. The molecule has 112 valence electrons. The number of nitrogens with two attached hydrogens (primary N) is 1. The fraction of sp³-hybridized carbons (Fsp3) is 0.0667. The van der Waals surface area contributed by atoms with Gasteiger partial charge in [0.1, 0.15) is 10.6 Å². The van der Waals surface area contributed by atoms with E-state index in [0.29, 0.717) is 27.1 Å². The number of rotatable bonds is 3. The summed E-state index contributed by atoms with van der Waals surface area (Å²) in [5.41, 5.74) is 6.19. The van der Waals surface area contributed by atoms with Crippen LogP contribution in [0.15, 0.2) is 36.7 Å². The summed E-state index contributed by atoms with van der Waals surface area (Å²) in [6.07, 6.45) is 3.26. The third-order valence-corrected chi connectivity index (χ3v) is 4.39. The van der Waals surface area contributed by atoms with Crippen LogP contribution in [0.25, 0.3) is 10.1 Å². The maximum Gasteiger partial charge on any atom is 0.348 e. The van der Waals surface area contributed by atoms with Crippen molar-refractivity contribution in [1.29, 1.82) is 0 Å². The largest absolute Gasteiger partial charge is 0.465 e. The summed E-state index contributed by atoms with van der Waals surface area (Å²) in [4.78, 5) is 16.2. The third kappa shape index (κ3) is 2.70. The van der Waals surface area contributed by atoms with Crippen molar-refractivity contribution in [3.8, 4) is 11.5 Å². The van der Waals surface area contributed by atoms with Crippen molar-refractivity contribution in [2.75, 3.05) is 12.8 Å². The topological polar surface area (TPSA) is 74.4 Å². The van der Waals surface area contributed by atoms with Crippen molar-refractivity contribution >= 4 is 44.7 Å². The summed E-state index contributed by atoms with van der Waals surface area (Å²) < 4.78 is 11.4. The fourth-order valence-corrected chi connectivity index (χ4v) is 3.01. The van der Waals surface area contributed by atoms with Crippen molar-refractivity contribution in [1.82, 2.24) is 4.98 Å². The number of nitrogen functional groups attached to an aromatic ring is 1. The zero-order valence-electron chi connectivity index (χ0n) is 11.5. The van der Waals surface area contributed by atoms with Gasteiger partial charge < -0.3 is 15.2 Å². The molecule has 0 aliphatic rings. The smallest absolute Gasteiger partial charge is 0.348 e. The number of benzene rings is 1. The summed E-state index contributed by atoms with van der Waals surface area (Å²) in [6.45, 7) is 0. The Morgan fingerprint density at radius 1 is 1.32 bits per heavy atom. The van der Waals surface area contributed by atoms with Gasteiger partial charge in [-0.25, -0.2) is 4.79 Å². The van der Waals surface area contributed by atoms with Gasteiger partial charge in [0, 0.05) is 17.6 Å². The molecular formula is C15H11ClN2O3S. The minimum absolute atomic E-state index is 0.386. The Bertz CT molecular complexity index is 863. The number of anilines is 1. The highest BCUT2D eigenvalue weighted by molar-refractivity contribution is 7.20. The van der Waals surface area contributed by atoms with Gasteiger partial charge in [-0.15, -0.1) is 11.3 Å². The van der Waals surface area contributed by atoms with Crippen LogP contribution in [0.3, 0.4) is 0 Å². The summed E-state index contributed by atoms with van der Waals surface area (Å²) in [5.74, 6) is 0.690. The van der Waals surface area contributed by atoms with E-state index in [4.69, 9.17) is 26.8 Å². The van der Waals surface area contributed by atoms with Crippen LogP contribution < -0.4 is 10.5 Å². The lowest BCUT2D eigenvalue weighted by Gasteiger charge is -2.07. The SMILES string of the molecule is COC(=O)c1cc2c(Oc3ccc(Cl)c(N)c3)cncc2s1. The predicted octanol–water partition coefficient (Wildman–Crippen LogP) is 4.11. The molecule has 0 unspecified atom stereocenters. The number of pyridine rings is 1. The Kier molecular flexibility index (Phi) is 3.87. The molecule has 2 heterocycles. The summed E-state index contributed by atoms with van der Waals surface area (Å²) in [5, 5.41) is 1.25. The number of hydrogen-bond donors (Lipinski definition) is 1. The Morgan fingerprint density at radius 2 is 2.14 bits per heavy atom. The highest BCUT2D eigenvalue weighted by atomic mass is 35.5. The third-order valence-electron chi connectivity index (χ3n) is 2.99. The number of carbonyl (C=O) groups excluding carboxylic acids is 1. The maximum atomic E-state index is 11.6. The fourth-order valence-electron chi connectivity index (χ4n) is 1.93. The molecule has 2 aromatic heterocycles. The van der Waals surface area contributed by atoms with E-state index in [1.165, 1.54) is 18.4 Å². The molecule has 3 aromatic rings. The highest BCUT2D eigenvalue weighted by Crippen LogP contribution is 2.35. The lowest BCUT2D eigenvalue weighted by atomic mass is 10.2. The molecule has 3 rings (SSSR count). The monoisotopic (exact) mass is 334 g/mol. The van der Waals surface area contributed by atoms with Gasteiger partial charge in [-0.1, -0.05) is 11.6 Å². The van der Waals surface area contributed by atoms with E-state index in [1.54, 1.807) is 36.7 Å². The van der Waals surface area contributed by atoms with Crippen molar-refractivity contribution in [2.24, 2.45) is 0 Å². The molecule has 0 bridgehead atoms. The zero-order valence-corrected chi connectivity index (χ0v) is 13.1. The van der Waals surface area contributed by atoms with E-state index in [9.17, 15) is 4.79 Å². The number of ether oxygens (including phenoxy) is 2. The summed E-state index contributed by atoms with van der Waals surface area (Å²) in [7, 11) is 1.35. The number of aromatic nitrogens is 1. The highest BCUT2D eigenvalue weighted by Gasteiger charge is 2.14. The van der Waals surface area contributed by atoms with Crippen molar-refractivity contribution in [3.63, 3.8) is 0 Å². The molecular weight excluding hydrogens is 324 g/mol. The molecule has 0 atom stereocenters. The van der Waals surface area contributed by atoms with E-state index < -0.39 is 0 Å². The quantitative estimate of drug-likeness (QED) is 0.576. The summed E-state index contributed by atoms with van der Waals surface area (Å²) >= 11 is 7.19. The first-order chi connectivity index (χ1) is 10.6. The first kappa shape index (κ1) is 14.6. The van der Waals surface area contributed by atoms with Crippen LogP contribution in [-0.4, -0.2) is 18.1 Å². The van der Waals surface area contributed by atoms with Gasteiger partial charge in [-0.3, -0.25) is 4.98 Å². The lowest BCUT2D eigenvalue weighted by Crippen LogP contribution is -1.96. The molecule has 0 amide bonds. The summed E-state index contributed by atoms with van der Waals surface area (Å²) in [6, 6.07) is 6.73. The lowest BCUT2D eigenvalue weighted by molar-refractivity contribution is 0.0606. The van der Waals surface area contributed by atoms with Crippen LogP contribution in [0.1, 0.15) is 9.67 Å². The molecule has 5 nitrogen and oxygen atoms in total. The molecule has 0 spiro atoms. The standard InChI is InChI=1S/C15H11ClN2O3S/c1-20-15(19)13-5-9-12(6-18-7-14(9)22-13)21-8-2-3-10(16)11(17)4-8/h2-7H,17H2,1H3. The van der Waals surface area contributed by atoms with Crippen LogP contribution in [0.4, 0.5) is 5.69 Å². The minimum atomic E-state index is -0.386. The molecule has 0 fully saturated rings. The predicted molar refractivity (Wildman–Crippen MR) is 86.9 cm³/mol. The molecule has 0 aliphatic carbocycles. The molecule has 0 saturated carbocycles. The molecule has 7 heteroatoms. The number of nitrogens with zero attached hydrogens (tertiary/aromatic N) is 1. The van der Waals surface area contributed by atoms with Crippen LogP contribution in [-0.2, 0) is 4.74 Å². The molecule has 1 aromatic carbocycles. The average Bonchev–Trinajstić information content (AvgIpc) is 2.95. The van der Waals surface area contributed by atoms with E-state index in [-0.39, 0.29) is 5.97 Å². The number of methoxy groups -OCH3 is 1. The van der Waals surface area contributed by atoms with Crippen LogP contribution in [0.2, 0.25) is 5.02 Å². The van der Waals surface area contributed by atoms with Gasteiger partial charge in [0.2, 0.25) is 0 Å². The van der Waals surface area contributed by atoms with E-state index in [1.807, 2.05) is 0 Å². The second-order valence-corrected chi connectivity index (χ2v) is 5.93. The average molecular weight is 335 g/mol. The van der Waals surface area contributed by atoms with E-state index >= 15 is 0 Å². The Labute approximate surface area is 135 Å². The number of halogens is 1. The zero-order chi connectivity index (χ0) is 15.7. The van der Waals surface area contributed by atoms with Crippen molar-refractivity contribution in [3.05, 3.63) is 46.6 Å². The Balaban J connectivity index is 2.01. The van der Waals surface area contributed by atoms with E-state index in [0.717, 1.165) is 10.1 Å². The Hall–Kier alpha value is -2.31. The van der Waals surface area contributed by atoms with Crippen LogP contribution >= 0.6 is 22.9 Å². The Morgan fingerprint density at radius 3 is 2.86 bits per heavy atom.